The van der Waals surface area contributed by atoms with Gasteiger partial charge in [0.1, 0.15) is 11.9 Å². The third kappa shape index (κ3) is 4.94. The topological polar surface area (TPSA) is 63.1 Å². The molecular weight excluding hydrogens is 338 g/mol. The van der Waals surface area contributed by atoms with Crippen LogP contribution in [0.3, 0.4) is 0 Å². The highest BCUT2D eigenvalue weighted by Crippen LogP contribution is 2.16. The Balaban J connectivity index is 1.60. The van der Waals surface area contributed by atoms with Crippen molar-refractivity contribution in [2.75, 3.05) is 18.5 Å². The third-order valence-corrected chi connectivity index (χ3v) is 4.57. The number of carbonyl (C=O) groups excluding carboxylic acids is 1. The van der Waals surface area contributed by atoms with Crippen molar-refractivity contribution in [2.24, 2.45) is 0 Å². The van der Waals surface area contributed by atoms with Crippen LogP contribution in [0.4, 0.5) is 5.82 Å². The standard InChI is InChI=1S/C21H25N5O/c1-17(26-13-5-6-14-26)21(27)24-16-18-8-7-12-23-20(18)25(2)15-10-19-9-3-4-11-22-19/h3-9,11-14,17H,10,15-16H2,1-2H3,(H,24,27)/t17-/m0/s1. The van der Waals surface area contributed by atoms with Crippen molar-refractivity contribution in [1.82, 2.24) is 19.9 Å². The van der Waals surface area contributed by atoms with E-state index in [1.165, 1.54) is 0 Å². The summed E-state index contributed by atoms with van der Waals surface area (Å²) in [4.78, 5) is 23.4. The molecule has 0 fully saturated rings. The molecule has 0 aromatic carbocycles. The van der Waals surface area contributed by atoms with E-state index in [0.29, 0.717) is 6.54 Å². The van der Waals surface area contributed by atoms with Crippen LogP contribution in [-0.4, -0.2) is 34.0 Å². The molecule has 27 heavy (non-hydrogen) atoms. The van der Waals surface area contributed by atoms with E-state index in [1.807, 2.05) is 79.6 Å². The number of aromatic nitrogens is 3. The molecule has 3 aromatic rings. The van der Waals surface area contributed by atoms with E-state index in [-0.39, 0.29) is 11.9 Å². The van der Waals surface area contributed by atoms with E-state index in [1.54, 1.807) is 6.20 Å². The van der Waals surface area contributed by atoms with Gasteiger partial charge in [-0.1, -0.05) is 12.1 Å². The molecule has 6 nitrogen and oxygen atoms in total. The minimum atomic E-state index is -0.248. The second-order valence-corrected chi connectivity index (χ2v) is 6.50. The molecule has 3 rings (SSSR count). The summed E-state index contributed by atoms with van der Waals surface area (Å²) in [5, 5.41) is 3.02. The number of hydrogen-bond acceptors (Lipinski definition) is 4. The van der Waals surface area contributed by atoms with Crippen LogP contribution in [0, 0.1) is 0 Å². The van der Waals surface area contributed by atoms with E-state index in [0.717, 1.165) is 30.0 Å². The molecule has 0 bridgehead atoms. The van der Waals surface area contributed by atoms with E-state index in [4.69, 9.17) is 0 Å². The number of nitrogens with one attached hydrogen (secondary N) is 1. The Labute approximate surface area is 159 Å². The number of likely N-dealkylation sites (N-methyl/N-ethyl adjacent to an activating group) is 1. The van der Waals surface area contributed by atoms with Crippen molar-refractivity contribution in [3.05, 3.63) is 78.5 Å². The molecule has 3 heterocycles. The SMILES string of the molecule is C[C@@H](C(=O)NCc1cccnc1N(C)CCc1ccccn1)n1cccc1. The monoisotopic (exact) mass is 363 g/mol. The van der Waals surface area contributed by atoms with Crippen LogP contribution in [0.15, 0.2) is 67.3 Å². The van der Waals surface area contributed by atoms with Crippen molar-refractivity contribution < 1.29 is 4.79 Å². The normalized spacial score (nSPS) is 11.8. The fourth-order valence-electron chi connectivity index (χ4n) is 2.92. The van der Waals surface area contributed by atoms with E-state index < -0.39 is 0 Å². The molecule has 1 atom stereocenters. The summed E-state index contributed by atoms with van der Waals surface area (Å²) >= 11 is 0. The second-order valence-electron chi connectivity index (χ2n) is 6.50. The molecule has 0 saturated heterocycles. The molecule has 0 aliphatic carbocycles. The molecular formula is C21H25N5O. The minimum absolute atomic E-state index is 0.0165. The van der Waals surface area contributed by atoms with Gasteiger partial charge in [-0.2, -0.15) is 0 Å². The fourth-order valence-corrected chi connectivity index (χ4v) is 2.92. The zero-order valence-corrected chi connectivity index (χ0v) is 15.7. The summed E-state index contributed by atoms with van der Waals surface area (Å²) < 4.78 is 1.89. The largest absolute Gasteiger partial charge is 0.359 e. The van der Waals surface area contributed by atoms with Crippen LogP contribution in [0.5, 0.6) is 0 Å². The molecule has 0 radical (unpaired) electrons. The van der Waals surface area contributed by atoms with Gasteiger partial charge in [0.25, 0.3) is 0 Å². The van der Waals surface area contributed by atoms with E-state index in [2.05, 4.69) is 20.2 Å². The first kappa shape index (κ1) is 18.6. The Morgan fingerprint density at radius 3 is 2.63 bits per heavy atom. The van der Waals surface area contributed by atoms with Gasteiger partial charge in [-0.15, -0.1) is 0 Å². The molecule has 0 unspecified atom stereocenters. The number of rotatable bonds is 8. The number of pyridine rings is 2. The zero-order chi connectivity index (χ0) is 19.1. The number of nitrogens with zero attached hydrogens (tertiary/aromatic N) is 4. The highest BCUT2D eigenvalue weighted by atomic mass is 16.2. The van der Waals surface area contributed by atoms with Crippen LogP contribution in [0.2, 0.25) is 0 Å². The molecule has 140 valence electrons. The summed E-state index contributed by atoms with van der Waals surface area (Å²) in [6, 6.07) is 13.4. The van der Waals surface area contributed by atoms with Gasteiger partial charge >= 0.3 is 0 Å². The summed E-state index contributed by atoms with van der Waals surface area (Å²) in [6.07, 6.45) is 8.21. The van der Waals surface area contributed by atoms with Gasteiger partial charge in [0.15, 0.2) is 0 Å². The van der Waals surface area contributed by atoms with Crippen molar-refractivity contribution in [3.8, 4) is 0 Å². The summed E-state index contributed by atoms with van der Waals surface area (Å²) in [7, 11) is 2.01. The van der Waals surface area contributed by atoms with Gasteiger partial charge < -0.3 is 14.8 Å². The van der Waals surface area contributed by atoms with E-state index >= 15 is 0 Å². The summed E-state index contributed by atoms with van der Waals surface area (Å²) in [6.45, 7) is 3.13. The maximum atomic E-state index is 12.4. The Morgan fingerprint density at radius 1 is 1.11 bits per heavy atom. The first-order valence-corrected chi connectivity index (χ1v) is 9.10. The summed E-state index contributed by atoms with van der Waals surface area (Å²) in [5.41, 5.74) is 2.05. The lowest BCUT2D eigenvalue weighted by Gasteiger charge is -2.21. The highest BCUT2D eigenvalue weighted by molar-refractivity contribution is 5.80. The van der Waals surface area contributed by atoms with Crippen LogP contribution in [0.25, 0.3) is 0 Å². The predicted octanol–water partition coefficient (Wildman–Crippen LogP) is 2.83. The number of amides is 1. The van der Waals surface area contributed by atoms with Crippen molar-refractivity contribution in [3.63, 3.8) is 0 Å². The quantitative estimate of drug-likeness (QED) is 0.668. The predicted molar refractivity (Wildman–Crippen MR) is 106 cm³/mol. The average Bonchev–Trinajstić information content (AvgIpc) is 3.25. The maximum absolute atomic E-state index is 12.4. The molecule has 0 saturated carbocycles. The Morgan fingerprint density at radius 2 is 1.89 bits per heavy atom. The number of hydrogen-bond donors (Lipinski definition) is 1. The maximum Gasteiger partial charge on any atom is 0.243 e. The lowest BCUT2D eigenvalue weighted by atomic mass is 10.2. The molecule has 1 N–H and O–H groups in total. The first-order chi connectivity index (χ1) is 13.1. The molecule has 0 aliphatic heterocycles. The van der Waals surface area contributed by atoms with Gasteiger partial charge in [-0.25, -0.2) is 4.98 Å². The second kappa shape index (κ2) is 8.98. The number of carbonyl (C=O) groups is 1. The smallest absolute Gasteiger partial charge is 0.243 e. The van der Waals surface area contributed by atoms with Crippen molar-refractivity contribution in [1.29, 1.82) is 0 Å². The van der Waals surface area contributed by atoms with Crippen LogP contribution in [0.1, 0.15) is 24.2 Å². The van der Waals surface area contributed by atoms with Crippen LogP contribution >= 0.6 is 0 Å². The van der Waals surface area contributed by atoms with E-state index in [9.17, 15) is 4.79 Å². The lowest BCUT2D eigenvalue weighted by molar-refractivity contribution is -0.124. The van der Waals surface area contributed by atoms with Crippen LogP contribution in [-0.2, 0) is 17.8 Å². The lowest BCUT2D eigenvalue weighted by Crippen LogP contribution is -2.31. The van der Waals surface area contributed by atoms with Gasteiger partial charge in [0.05, 0.1) is 0 Å². The molecule has 6 heteroatoms. The van der Waals surface area contributed by atoms with Gasteiger partial charge in [-0.3, -0.25) is 9.78 Å². The minimum Gasteiger partial charge on any atom is -0.359 e. The molecule has 3 aromatic heterocycles. The third-order valence-electron chi connectivity index (χ3n) is 4.57. The Bertz CT molecular complexity index is 848. The van der Waals surface area contributed by atoms with Gasteiger partial charge in [-0.05, 0) is 37.3 Å². The fraction of sp³-hybridized carbons (Fsp3) is 0.286. The van der Waals surface area contributed by atoms with Gasteiger partial charge in [0.2, 0.25) is 5.91 Å². The highest BCUT2D eigenvalue weighted by Gasteiger charge is 2.15. The molecule has 0 aliphatic rings. The Hall–Kier alpha value is -3.15. The summed E-state index contributed by atoms with van der Waals surface area (Å²) in [5.74, 6) is 0.861. The van der Waals surface area contributed by atoms with Crippen molar-refractivity contribution >= 4 is 11.7 Å². The number of anilines is 1. The molecule has 0 spiro atoms. The zero-order valence-electron chi connectivity index (χ0n) is 15.7. The molecule has 1 amide bonds. The van der Waals surface area contributed by atoms with Gasteiger partial charge in [0, 0.05) is 62.6 Å². The van der Waals surface area contributed by atoms with Crippen molar-refractivity contribution in [2.45, 2.75) is 25.9 Å². The first-order valence-electron chi connectivity index (χ1n) is 9.10. The average molecular weight is 363 g/mol. The van der Waals surface area contributed by atoms with Crippen LogP contribution < -0.4 is 10.2 Å². The Kier molecular flexibility index (Phi) is 6.20.